The SMILES string of the molecule is Clc1ncccc1-c1ccnc2c1C=NC2. The van der Waals surface area contributed by atoms with Crippen LogP contribution in [0.25, 0.3) is 11.1 Å². The van der Waals surface area contributed by atoms with Crippen LogP contribution < -0.4 is 0 Å². The smallest absolute Gasteiger partial charge is 0.136 e. The molecule has 0 amide bonds. The highest BCUT2D eigenvalue weighted by atomic mass is 35.5. The minimum atomic E-state index is 0.510. The summed E-state index contributed by atoms with van der Waals surface area (Å²) >= 11 is 6.08. The lowest BCUT2D eigenvalue weighted by Gasteiger charge is -2.07. The van der Waals surface area contributed by atoms with E-state index in [0.29, 0.717) is 11.7 Å². The van der Waals surface area contributed by atoms with Gasteiger partial charge in [0.2, 0.25) is 0 Å². The molecule has 0 atom stereocenters. The Morgan fingerprint density at radius 2 is 2.00 bits per heavy atom. The highest BCUT2D eigenvalue weighted by Crippen LogP contribution is 2.30. The fraction of sp³-hybridized carbons (Fsp3) is 0.0833. The van der Waals surface area contributed by atoms with Crippen molar-refractivity contribution in [1.29, 1.82) is 0 Å². The molecule has 0 fully saturated rings. The molecule has 2 aromatic rings. The Hall–Kier alpha value is -1.74. The Kier molecular flexibility index (Phi) is 2.18. The lowest BCUT2D eigenvalue weighted by Crippen LogP contribution is -1.94. The van der Waals surface area contributed by atoms with E-state index in [-0.39, 0.29) is 0 Å². The normalized spacial score (nSPS) is 12.8. The van der Waals surface area contributed by atoms with E-state index in [1.54, 1.807) is 12.4 Å². The second-order valence-electron chi connectivity index (χ2n) is 3.53. The average Bonchev–Trinajstić information content (AvgIpc) is 2.77. The van der Waals surface area contributed by atoms with Crippen LogP contribution >= 0.6 is 11.6 Å². The fourth-order valence-corrected chi connectivity index (χ4v) is 2.05. The maximum absolute atomic E-state index is 6.08. The molecule has 1 aliphatic rings. The van der Waals surface area contributed by atoms with E-state index in [9.17, 15) is 0 Å². The van der Waals surface area contributed by atoms with E-state index in [4.69, 9.17) is 11.6 Å². The van der Waals surface area contributed by atoms with Crippen molar-refractivity contribution in [2.24, 2.45) is 4.99 Å². The van der Waals surface area contributed by atoms with Crippen LogP contribution in [0.1, 0.15) is 11.3 Å². The number of hydrogen-bond donors (Lipinski definition) is 0. The summed E-state index contributed by atoms with van der Waals surface area (Å²) in [4.78, 5) is 12.6. The molecule has 0 radical (unpaired) electrons. The largest absolute Gasteiger partial charge is 0.286 e. The lowest BCUT2D eigenvalue weighted by atomic mass is 10.0. The van der Waals surface area contributed by atoms with Gasteiger partial charge in [-0.05, 0) is 23.8 Å². The van der Waals surface area contributed by atoms with Gasteiger partial charge in [-0.25, -0.2) is 4.98 Å². The fourth-order valence-electron chi connectivity index (χ4n) is 1.83. The van der Waals surface area contributed by atoms with Crippen LogP contribution in [-0.2, 0) is 6.54 Å². The molecule has 4 heteroatoms. The van der Waals surface area contributed by atoms with Gasteiger partial charge in [0, 0.05) is 29.7 Å². The number of aromatic nitrogens is 2. The monoisotopic (exact) mass is 229 g/mol. The third-order valence-electron chi connectivity index (χ3n) is 2.58. The maximum Gasteiger partial charge on any atom is 0.136 e. The molecule has 3 nitrogen and oxygen atoms in total. The molecule has 0 aliphatic carbocycles. The third-order valence-corrected chi connectivity index (χ3v) is 2.88. The quantitative estimate of drug-likeness (QED) is 0.706. The van der Waals surface area contributed by atoms with E-state index in [1.165, 1.54) is 0 Å². The topological polar surface area (TPSA) is 38.1 Å². The highest BCUT2D eigenvalue weighted by molar-refractivity contribution is 6.32. The second-order valence-corrected chi connectivity index (χ2v) is 3.89. The molecular weight excluding hydrogens is 222 g/mol. The molecule has 1 aliphatic heterocycles. The minimum absolute atomic E-state index is 0.510. The molecule has 0 N–H and O–H groups in total. The summed E-state index contributed by atoms with van der Waals surface area (Å²) < 4.78 is 0. The van der Waals surface area contributed by atoms with Crippen molar-refractivity contribution in [1.82, 2.24) is 9.97 Å². The lowest BCUT2D eigenvalue weighted by molar-refractivity contribution is 1.02. The second kappa shape index (κ2) is 3.68. The first-order valence-electron chi connectivity index (χ1n) is 4.95. The van der Waals surface area contributed by atoms with Crippen LogP contribution in [0.15, 0.2) is 35.6 Å². The number of pyridine rings is 2. The van der Waals surface area contributed by atoms with Crippen molar-refractivity contribution in [2.75, 3.05) is 0 Å². The van der Waals surface area contributed by atoms with E-state index >= 15 is 0 Å². The summed E-state index contributed by atoms with van der Waals surface area (Å²) in [5.41, 5.74) is 4.02. The first kappa shape index (κ1) is 9.48. The summed E-state index contributed by atoms with van der Waals surface area (Å²) in [6, 6.07) is 5.77. The summed E-state index contributed by atoms with van der Waals surface area (Å²) in [6.07, 6.45) is 5.31. The van der Waals surface area contributed by atoms with Crippen molar-refractivity contribution in [3.8, 4) is 11.1 Å². The standard InChI is InChI=1S/C12H8ClN3/c13-12-9(2-1-4-16-12)8-3-5-15-11-7-14-6-10(8)11/h1-6H,7H2. The summed E-state index contributed by atoms with van der Waals surface area (Å²) in [5.74, 6) is 0. The molecule has 0 bridgehead atoms. The van der Waals surface area contributed by atoms with Crippen LogP contribution in [0.3, 0.4) is 0 Å². The number of halogens is 1. The van der Waals surface area contributed by atoms with Gasteiger partial charge in [-0.15, -0.1) is 0 Å². The van der Waals surface area contributed by atoms with Gasteiger partial charge in [-0.1, -0.05) is 11.6 Å². The molecule has 0 spiro atoms. The summed E-state index contributed by atoms with van der Waals surface area (Å²) in [6.45, 7) is 0.654. The van der Waals surface area contributed by atoms with E-state index in [2.05, 4.69) is 15.0 Å². The van der Waals surface area contributed by atoms with Crippen molar-refractivity contribution in [3.05, 3.63) is 47.0 Å². The molecule has 0 unspecified atom stereocenters. The summed E-state index contributed by atoms with van der Waals surface area (Å²) in [5, 5.41) is 0.510. The van der Waals surface area contributed by atoms with E-state index in [1.807, 2.05) is 24.4 Å². The Labute approximate surface area is 97.9 Å². The number of aliphatic imine (C=N–C) groups is 1. The van der Waals surface area contributed by atoms with Crippen LogP contribution in [-0.4, -0.2) is 16.2 Å². The zero-order valence-electron chi connectivity index (χ0n) is 8.39. The van der Waals surface area contributed by atoms with Crippen LogP contribution in [0.2, 0.25) is 5.15 Å². The minimum Gasteiger partial charge on any atom is -0.286 e. The predicted molar refractivity (Wildman–Crippen MR) is 63.8 cm³/mol. The Morgan fingerprint density at radius 3 is 2.88 bits per heavy atom. The van der Waals surface area contributed by atoms with Gasteiger partial charge in [-0.3, -0.25) is 9.98 Å². The molecule has 3 rings (SSSR count). The maximum atomic E-state index is 6.08. The summed E-state index contributed by atoms with van der Waals surface area (Å²) in [7, 11) is 0. The molecule has 0 aromatic carbocycles. The molecule has 0 saturated carbocycles. The molecule has 0 saturated heterocycles. The van der Waals surface area contributed by atoms with Gasteiger partial charge >= 0.3 is 0 Å². The molecule has 78 valence electrons. The van der Waals surface area contributed by atoms with Crippen LogP contribution in [0.5, 0.6) is 0 Å². The van der Waals surface area contributed by atoms with Crippen LogP contribution in [0.4, 0.5) is 0 Å². The van der Waals surface area contributed by atoms with Crippen molar-refractivity contribution < 1.29 is 0 Å². The Morgan fingerprint density at radius 1 is 1.06 bits per heavy atom. The van der Waals surface area contributed by atoms with Gasteiger partial charge in [0.1, 0.15) is 5.15 Å². The van der Waals surface area contributed by atoms with Gasteiger partial charge in [-0.2, -0.15) is 0 Å². The van der Waals surface area contributed by atoms with Gasteiger partial charge in [0.25, 0.3) is 0 Å². The first-order chi connectivity index (χ1) is 7.86. The van der Waals surface area contributed by atoms with Crippen molar-refractivity contribution in [3.63, 3.8) is 0 Å². The van der Waals surface area contributed by atoms with Crippen molar-refractivity contribution >= 4 is 17.8 Å². The predicted octanol–water partition coefficient (Wildman–Crippen LogP) is 2.73. The third kappa shape index (κ3) is 1.41. The van der Waals surface area contributed by atoms with Gasteiger partial charge < -0.3 is 0 Å². The first-order valence-corrected chi connectivity index (χ1v) is 5.32. The van der Waals surface area contributed by atoms with E-state index < -0.39 is 0 Å². The van der Waals surface area contributed by atoms with Crippen LogP contribution in [0, 0.1) is 0 Å². The number of hydrogen-bond acceptors (Lipinski definition) is 3. The zero-order valence-corrected chi connectivity index (χ0v) is 9.15. The number of fused-ring (bicyclic) bond motifs is 1. The zero-order chi connectivity index (χ0) is 11.0. The molecular formula is C12H8ClN3. The van der Waals surface area contributed by atoms with Gasteiger partial charge in [0.15, 0.2) is 0 Å². The van der Waals surface area contributed by atoms with E-state index in [0.717, 1.165) is 22.4 Å². The highest BCUT2D eigenvalue weighted by Gasteiger charge is 2.15. The van der Waals surface area contributed by atoms with Gasteiger partial charge in [0.05, 0.1) is 12.2 Å². The van der Waals surface area contributed by atoms with Crippen molar-refractivity contribution in [2.45, 2.75) is 6.54 Å². The molecule has 2 aromatic heterocycles. The molecule has 16 heavy (non-hydrogen) atoms. The number of nitrogens with zero attached hydrogens (tertiary/aromatic N) is 3. The Bertz CT molecular complexity index is 578. The average molecular weight is 230 g/mol. The Balaban J connectivity index is 2.25. The molecule has 3 heterocycles. The number of rotatable bonds is 1.